The standard InChI is InChI=1S/C40H56Br2S4/c1-3-5-7-9-11-13-15-17-19-21-23-31-29-35(41)45-37(31)33-25-27-43-39(33)34-26-28-44-40(34)38-32(30-36(42)46-38)24-22-20-18-16-14-12-10-8-6-4-2/h25-30H,3-24H2,1-2H3. The Labute approximate surface area is 314 Å². The molecule has 0 saturated carbocycles. The van der Waals surface area contributed by atoms with E-state index in [-0.39, 0.29) is 0 Å². The molecule has 0 aliphatic heterocycles. The smallest absolute Gasteiger partial charge is 0.0708 e. The summed E-state index contributed by atoms with van der Waals surface area (Å²) in [6.45, 7) is 4.60. The Kier molecular flexibility index (Phi) is 18.8. The summed E-state index contributed by atoms with van der Waals surface area (Å²) in [5, 5.41) is 4.61. The molecule has 0 aliphatic rings. The highest BCUT2D eigenvalue weighted by Crippen LogP contribution is 2.50. The second-order valence-electron chi connectivity index (χ2n) is 13.0. The second kappa shape index (κ2) is 22.5. The first kappa shape index (κ1) is 38.6. The third-order valence-corrected chi connectivity index (χ3v) is 14.6. The molecule has 0 fully saturated rings. The van der Waals surface area contributed by atoms with Crippen molar-refractivity contribution in [2.75, 3.05) is 0 Å². The van der Waals surface area contributed by atoms with E-state index in [0.29, 0.717) is 0 Å². The van der Waals surface area contributed by atoms with Crippen LogP contribution in [0.5, 0.6) is 0 Å². The van der Waals surface area contributed by atoms with Crippen molar-refractivity contribution in [1.29, 1.82) is 0 Å². The summed E-state index contributed by atoms with van der Waals surface area (Å²) in [5.74, 6) is 0. The minimum Gasteiger partial charge on any atom is -0.143 e. The molecular formula is C40H56Br2S4. The van der Waals surface area contributed by atoms with Gasteiger partial charge in [0.2, 0.25) is 0 Å². The minimum absolute atomic E-state index is 1.18. The monoisotopic (exact) mass is 822 g/mol. The molecule has 0 nitrogen and oxygen atoms in total. The fraction of sp³-hybridized carbons (Fsp3) is 0.600. The van der Waals surface area contributed by atoms with Gasteiger partial charge in [0.15, 0.2) is 0 Å². The zero-order valence-corrected chi connectivity index (χ0v) is 34.8. The summed E-state index contributed by atoms with van der Waals surface area (Å²) < 4.78 is 2.52. The van der Waals surface area contributed by atoms with Crippen LogP contribution in [-0.4, -0.2) is 0 Å². The molecule has 254 valence electrons. The van der Waals surface area contributed by atoms with Gasteiger partial charge in [-0.2, -0.15) is 0 Å². The van der Waals surface area contributed by atoms with Crippen molar-refractivity contribution in [3.8, 4) is 30.6 Å². The van der Waals surface area contributed by atoms with E-state index < -0.39 is 0 Å². The fourth-order valence-electron chi connectivity index (χ4n) is 6.55. The van der Waals surface area contributed by atoms with Gasteiger partial charge in [-0.15, -0.1) is 45.3 Å². The lowest BCUT2D eigenvalue weighted by atomic mass is 10.0. The van der Waals surface area contributed by atoms with Crippen molar-refractivity contribution in [2.45, 2.75) is 155 Å². The van der Waals surface area contributed by atoms with Gasteiger partial charge in [-0.25, -0.2) is 0 Å². The zero-order chi connectivity index (χ0) is 32.4. The molecule has 0 amide bonds. The number of aryl methyl sites for hydroxylation is 2. The van der Waals surface area contributed by atoms with Crippen LogP contribution in [-0.2, 0) is 12.8 Å². The Balaban J connectivity index is 1.33. The van der Waals surface area contributed by atoms with E-state index in [0.717, 1.165) is 0 Å². The Bertz CT molecular complexity index is 1270. The molecule has 4 rings (SSSR count). The average Bonchev–Trinajstić information content (AvgIpc) is 3.85. The van der Waals surface area contributed by atoms with Gasteiger partial charge in [0.1, 0.15) is 0 Å². The first-order valence-electron chi connectivity index (χ1n) is 18.3. The number of rotatable bonds is 25. The average molecular weight is 825 g/mol. The minimum atomic E-state index is 1.18. The van der Waals surface area contributed by atoms with Gasteiger partial charge in [-0.3, -0.25) is 0 Å². The third-order valence-electron chi connectivity index (χ3n) is 9.18. The Morgan fingerprint density at radius 3 is 1.28 bits per heavy atom. The van der Waals surface area contributed by atoms with Crippen molar-refractivity contribution < 1.29 is 0 Å². The van der Waals surface area contributed by atoms with Crippen LogP contribution < -0.4 is 0 Å². The van der Waals surface area contributed by atoms with Crippen LogP contribution in [0.25, 0.3) is 30.6 Å². The number of hydrogen-bond acceptors (Lipinski definition) is 4. The topological polar surface area (TPSA) is 0 Å². The lowest BCUT2D eigenvalue weighted by molar-refractivity contribution is 0.556. The Morgan fingerprint density at radius 2 is 0.804 bits per heavy atom. The quantitative estimate of drug-likeness (QED) is 0.0584. The molecule has 0 saturated heterocycles. The number of halogens is 2. The molecular weight excluding hydrogens is 769 g/mol. The molecule has 0 spiro atoms. The van der Waals surface area contributed by atoms with Crippen LogP contribution in [0.15, 0.2) is 42.6 Å². The van der Waals surface area contributed by atoms with Crippen LogP contribution >= 0.6 is 77.2 Å². The van der Waals surface area contributed by atoms with Gasteiger partial charge in [0, 0.05) is 25.8 Å². The summed E-state index contributed by atoms with van der Waals surface area (Å²) in [6, 6.07) is 9.53. The highest BCUT2D eigenvalue weighted by molar-refractivity contribution is 9.11. The van der Waals surface area contributed by atoms with Crippen molar-refractivity contribution in [2.24, 2.45) is 0 Å². The Morgan fingerprint density at radius 1 is 0.435 bits per heavy atom. The number of unbranched alkanes of at least 4 members (excludes halogenated alkanes) is 18. The largest absolute Gasteiger partial charge is 0.143 e. The molecule has 0 aliphatic carbocycles. The van der Waals surface area contributed by atoms with Gasteiger partial charge in [0.05, 0.1) is 12.4 Å². The lowest BCUT2D eigenvalue weighted by Gasteiger charge is -2.09. The molecule has 4 heterocycles. The Hall–Kier alpha value is -0.240. The van der Waals surface area contributed by atoms with Gasteiger partial charge >= 0.3 is 0 Å². The molecule has 6 heteroatoms. The third kappa shape index (κ3) is 12.6. The van der Waals surface area contributed by atoms with Gasteiger partial charge < -0.3 is 0 Å². The molecule has 0 unspecified atom stereocenters. The van der Waals surface area contributed by atoms with E-state index in [1.807, 2.05) is 45.3 Å². The maximum Gasteiger partial charge on any atom is 0.0708 e. The van der Waals surface area contributed by atoms with Crippen molar-refractivity contribution in [3.63, 3.8) is 0 Å². The summed E-state index contributed by atoms with van der Waals surface area (Å²) >= 11 is 15.4. The van der Waals surface area contributed by atoms with Crippen molar-refractivity contribution in [1.82, 2.24) is 0 Å². The van der Waals surface area contributed by atoms with E-state index in [1.54, 1.807) is 0 Å². The summed E-state index contributed by atoms with van der Waals surface area (Å²) in [6.07, 6.45) is 30.1. The summed E-state index contributed by atoms with van der Waals surface area (Å²) in [5.41, 5.74) is 5.89. The maximum absolute atomic E-state index is 3.85. The maximum atomic E-state index is 3.85. The molecule has 46 heavy (non-hydrogen) atoms. The van der Waals surface area contributed by atoms with Gasteiger partial charge in [-0.05, 0) is 104 Å². The molecule has 0 atom stereocenters. The lowest BCUT2D eigenvalue weighted by Crippen LogP contribution is -1.89. The fourth-order valence-corrected chi connectivity index (χ4v) is 12.1. The molecule has 4 aromatic heterocycles. The van der Waals surface area contributed by atoms with Crippen molar-refractivity contribution in [3.05, 3.63) is 53.7 Å². The summed E-state index contributed by atoms with van der Waals surface area (Å²) in [4.78, 5) is 5.83. The van der Waals surface area contributed by atoms with Crippen LogP contribution in [0.2, 0.25) is 0 Å². The van der Waals surface area contributed by atoms with E-state index in [2.05, 4.69) is 80.7 Å². The van der Waals surface area contributed by atoms with Gasteiger partial charge in [0.25, 0.3) is 0 Å². The zero-order valence-electron chi connectivity index (χ0n) is 28.4. The molecule has 4 aromatic rings. The first-order valence-corrected chi connectivity index (χ1v) is 23.3. The first-order chi connectivity index (χ1) is 22.6. The number of thiophene rings is 4. The molecule has 0 aromatic carbocycles. The highest BCUT2D eigenvalue weighted by Gasteiger charge is 2.21. The number of hydrogen-bond donors (Lipinski definition) is 0. The van der Waals surface area contributed by atoms with Crippen LogP contribution in [0.3, 0.4) is 0 Å². The van der Waals surface area contributed by atoms with E-state index >= 15 is 0 Å². The summed E-state index contributed by atoms with van der Waals surface area (Å²) in [7, 11) is 0. The van der Waals surface area contributed by atoms with Crippen LogP contribution in [0, 0.1) is 0 Å². The van der Waals surface area contributed by atoms with Gasteiger partial charge in [-0.1, -0.05) is 129 Å². The predicted octanol–water partition coefficient (Wildman–Crippen LogP) is 17.4. The highest BCUT2D eigenvalue weighted by atomic mass is 79.9. The van der Waals surface area contributed by atoms with E-state index in [9.17, 15) is 0 Å². The van der Waals surface area contributed by atoms with E-state index in [4.69, 9.17) is 0 Å². The normalized spacial score (nSPS) is 11.7. The van der Waals surface area contributed by atoms with Crippen molar-refractivity contribution >= 4 is 77.2 Å². The van der Waals surface area contributed by atoms with E-state index in [1.165, 1.54) is 191 Å². The molecule has 0 radical (unpaired) electrons. The van der Waals surface area contributed by atoms with Crippen LogP contribution in [0.1, 0.15) is 153 Å². The second-order valence-corrected chi connectivity index (χ2v) is 19.7. The molecule has 0 bridgehead atoms. The van der Waals surface area contributed by atoms with Crippen LogP contribution in [0.4, 0.5) is 0 Å². The predicted molar refractivity (Wildman–Crippen MR) is 221 cm³/mol. The SMILES string of the molecule is CCCCCCCCCCCCc1cc(Br)sc1-c1ccsc1-c1ccsc1-c1sc(Br)cc1CCCCCCCCCCCC. The molecule has 0 N–H and O–H groups in total.